The highest BCUT2D eigenvalue weighted by Crippen LogP contribution is 2.16. The average molecular weight is 308 g/mol. The van der Waals surface area contributed by atoms with Crippen molar-refractivity contribution < 1.29 is 19.4 Å². The Hall–Kier alpha value is -2.27. The fraction of sp³-hybridized carbons (Fsp3) is 0.200. The van der Waals surface area contributed by atoms with Crippen molar-refractivity contribution in [2.45, 2.75) is 6.42 Å². The van der Waals surface area contributed by atoms with Crippen LogP contribution in [0.4, 0.5) is 0 Å². The Morgan fingerprint density at radius 3 is 2.62 bits per heavy atom. The number of nitrogens with zero attached hydrogens (tertiary/aromatic N) is 1. The minimum atomic E-state index is -0.975. The second-order valence-corrected chi connectivity index (χ2v) is 4.66. The summed E-state index contributed by atoms with van der Waals surface area (Å²) in [6.07, 6.45) is 3.78. The van der Waals surface area contributed by atoms with E-state index in [1.165, 1.54) is 18.3 Å². The molecule has 0 fully saturated rings. The van der Waals surface area contributed by atoms with Gasteiger partial charge >= 0.3 is 5.97 Å². The second-order valence-electron chi connectivity index (χ2n) is 4.22. The highest BCUT2D eigenvalue weighted by molar-refractivity contribution is 6.30. The van der Waals surface area contributed by atoms with Crippen molar-refractivity contribution in [2.24, 2.45) is 0 Å². The van der Waals surface area contributed by atoms with Gasteiger partial charge in [-0.3, -0.25) is 4.98 Å². The molecule has 0 spiro atoms. The molecule has 0 aliphatic rings. The van der Waals surface area contributed by atoms with Crippen molar-refractivity contribution in [3.8, 4) is 11.5 Å². The Morgan fingerprint density at radius 2 is 1.90 bits per heavy atom. The van der Waals surface area contributed by atoms with Crippen LogP contribution in [0.2, 0.25) is 5.02 Å². The summed E-state index contributed by atoms with van der Waals surface area (Å²) < 4.78 is 10.9. The number of carboxylic acids is 1. The van der Waals surface area contributed by atoms with Crippen LogP contribution in [0.15, 0.2) is 42.7 Å². The van der Waals surface area contributed by atoms with Crippen molar-refractivity contribution in [1.82, 2.24) is 4.98 Å². The monoisotopic (exact) mass is 307 g/mol. The number of hydrogen-bond acceptors (Lipinski definition) is 4. The molecular formula is C15H14ClNO4. The lowest BCUT2D eigenvalue weighted by atomic mass is 10.2. The molecule has 0 saturated heterocycles. The molecule has 110 valence electrons. The van der Waals surface area contributed by atoms with Gasteiger partial charge in [0, 0.05) is 18.7 Å². The van der Waals surface area contributed by atoms with Gasteiger partial charge in [0.15, 0.2) is 0 Å². The summed E-state index contributed by atoms with van der Waals surface area (Å²) in [6, 6.07) is 8.06. The molecule has 0 saturated carbocycles. The van der Waals surface area contributed by atoms with E-state index in [2.05, 4.69) is 4.98 Å². The summed E-state index contributed by atoms with van der Waals surface area (Å²) >= 11 is 5.79. The molecule has 2 aromatic rings. The number of hydrogen-bond donors (Lipinski definition) is 1. The number of rotatable bonds is 7. The van der Waals surface area contributed by atoms with Crippen LogP contribution in [-0.2, 0) is 0 Å². The average Bonchev–Trinajstić information content (AvgIpc) is 2.47. The maximum Gasteiger partial charge on any atom is 0.335 e. The van der Waals surface area contributed by atoms with Crippen LogP contribution in [0, 0.1) is 0 Å². The maximum atomic E-state index is 10.8. The van der Waals surface area contributed by atoms with Crippen LogP contribution in [0.5, 0.6) is 11.5 Å². The van der Waals surface area contributed by atoms with Gasteiger partial charge in [0.05, 0.1) is 30.0 Å². The summed E-state index contributed by atoms with van der Waals surface area (Å²) in [5.74, 6) is 0.159. The molecule has 2 rings (SSSR count). The Bertz CT molecular complexity index is 618. The van der Waals surface area contributed by atoms with Crippen LogP contribution >= 0.6 is 11.6 Å². The smallest absolute Gasteiger partial charge is 0.335 e. The van der Waals surface area contributed by atoms with E-state index in [0.29, 0.717) is 36.2 Å². The fourth-order valence-electron chi connectivity index (χ4n) is 1.63. The van der Waals surface area contributed by atoms with Gasteiger partial charge in [-0.25, -0.2) is 4.79 Å². The SMILES string of the molecule is O=C(O)c1cccc(OCCCOc2cncc(Cl)c2)c1. The number of pyridine rings is 1. The van der Waals surface area contributed by atoms with Gasteiger partial charge in [-0.05, 0) is 18.2 Å². The predicted octanol–water partition coefficient (Wildman–Crippen LogP) is 3.28. The van der Waals surface area contributed by atoms with Gasteiger partial charge in [0.25, 0.3) is 0 Å². The number of carbonyl (C=O) groups is 1. The first kappa shape index (κ1) is 15.1. The summed E-state index contributed by atoms with van der Waals surface area (Å²) in [5.41, 5.74) is 0.203. The minimum Gasteiger partial charge on any atom is -0.493 e. The molecule has 0 radical (unpaired) electrons. The summed E-state index contributed by atoms with van der Waals surface area (Å²) in [7, 11) is 0. The zero-order chi connectivity index (χ0) is 15.1. The van der Waals surface area contributed by atoms with Crippen LogP contribution in [0.1, 0.15) is 16.8 Å². The van der Waals surface area contributed by atoms with E-state index < -0.39 is 5.97 Å². The lowest BCUT2D eigenvalue weighted by molar-refractivity contribution is 0.0696. The molecular weight excluding hydrogens is 294 g/mol. The molecule has 5 nitrogen and oxygen atoms in total. The first-order chi connectivity index (χ1) is 10.1. The lowest BCUT2D eigenvalue weighted by Gasteiger charge is -2.08. The number of aromatic carboxylic acids is 1. The zero-order valence-electron chi connectivity index (χ0n) is 11.2. The van der Waals surface area contributed by atoms with Crippen molar-refractivity contribution in [3.63, 3.8) is 0 Å². The summed E-state index contributed by atoms with van der Waals surface area (Å²) in [5, 5.41) is 9.40. The third kappa shape index (κ3) is 4.96. The molecule has 0 aliphatic heterocycles. The number of halogens is 1. The highest BCUT2D eigenvalue weighted by atomic mass is 35.5. The number of benzene rings is 1. The van der Waals surface area contributed by atoms with Crippen LogP contribution in [0.25, 0.3) is 0 Å². The van der Waals surface area contributed by atoms with E-state index >= 15 is 0 Å². The standard InChI is InChI=1S/C15H14ClNO4/c16-12-8-14(10-17-9-12)21-6-2-5-20-13-4-1-3-11(7-13)15(18)19/h1,3-4,7-10H,2,5-6H2,(H,18,19). The van der Waals surface area contributed by atoms with E-state index in [4.69, 9.17) is 26.2 Å². The van der Waals surface area contributed by atoms with E-state index in [9.17, 15) is 4.79 Å². The Balaban J connectivity index is 1.72. The van der Waals surface area contributed by atoms with Gasteiger partial charge in [-0.2, -0.15) is 0 Å². The molecule has 1 N–H and O–H groups in total. The van der Waals surface area contributed by atoms with Crippen molar-refractivity contribution in [2.75, 3.05) is 13.2 Å². The molecule has 0 atom stereocenters. The first-order valence-corrected chi connectivity index (χ1v) is 6.72. The molecule has 0 bridgehead atoms. The van der Waals surface area contributed by atoms with E-state index in [1.807, 2.05) is 0 Å². The molecule has 1 aromatic heterocycles. The molecule has 6 heteroatoms. The largest absolute Gasteiger partial charge is 0.493 e. The number of ether oxygens (including phenoxy) is 2. The third-order valence-corrected chi connectivity index (χ3v) is 2.79. The van der Waals surface area contributed by atoms with Crippen molar-refractivity contribution in [1.29, 1.82) is 0 Å². The van der Waals surface area contributed by atoms with Crippen LogP contribution < -0.4 is 9.47 Å². The predicted molar refractivity (Wildman–Crippen MR) is 78.3 cm³/mol. The van der Waals surface area contributed by atoms with Crippen LogP contribution in [0.3, 0.4) is 0 Å². The molecule has 21 heavy (non-hydrogen) atoms. The highest BCUT2D eigenvalue weighted by Gasteiger charge is 2.03. The molecule has 0 amide bonds. The third-order valence-electron chi connectivity index (χ3n) is 2.59. The van der Waals surface area contributed by atoms with Crippen molar-refractivity contribution >= 4 is 17.6 Å². The topological polar surface area (TPSA) is 68.7 Å². The fourth-order valence-corrected chi connectivity index (χ4v) is 1.79. The van der Waals surface area contributed by atoms with Gasteiger partial charge < -0.3 is 14.6 Å². The molecule has 1 heterocycles. The summed E-state index contributed by atoms with van der Waals surface area (Å²) in [6.45, 7) is 0.887. The maximum absolute atomic E-state index is 10.8. The Morgan fingerprint density at radius 1 is 1.14 bits per heavy atom. The van der Waals surface area contributed by atoms with Crippen molar-refractivity contribution in [3.05, 3.63) is 53.3 Å². The van der Waals surface area contributed by atoms with E-state index in [1.54, 1.807) is 24.4 Å². The summed E-state index contributed by atoms with van der Waals surface area (Å²) in [4.78, 5) is 14.7. The van der Waals surface area contributed by atoms with Gasteiger partial charge in [0.1, 0.15) is 11.5 Å². The normalized spacial score (nSPS) is 10.1. The van der Waals surface area contributed by atoms with Gasteiger partial charge in [-0.15, -0.1) is 0 Å². The Labute approximate surface area is 127 Å². The first-order valence-electron chi connectivity index (χ1n) is 6.34. The van der Waals surface area contributed by atoms with E-state index in [-0.39, 0.29) is 5.56 Å². The number of aromatic nitrogens is 1. The molecule has 1 aromatic carbocycles. The quantitative estimate of drug-likeness (QED) is 0.795. The Kier molecular flexibility index (Phi) is 5.40. The second kappa shape index (κ2) is 7.50. The van der Waals surface area contributed by atoms with Crippen LogP contribution in [-0.4, -0.2) is 29.3 Å². The zero-order valence-corrected chi connectivity index (χ0v) is 11.9. The minimum absolute atomic E-state index is 0.203. The van der Waals surface area contributed by atoms with Gasteiger partial charge in [-0.1, -0.05) is 17.7 Å². The van der Waals surface area contributed by atoms with E-state index in [0.717, 1.165) is 0 Å². The molecule has 0 aliphatic carbocycles. The molecule has 0 unspecified atom stereocenters. The number of carboxylic acid groups (broad SMARTS) is 1. The van der Waals surface area contributed by atoms with Gasteiger partial charge in [0.2, 0.25) is 0 Å². The lowest BCUT2D eigenvalue weighted by Crippen LogP contribution is -2.05.